The van der Waals surface area contributed by atoms with Crippen molar-refractivity contribution in [1.29, 1.82) is 5.26 Å². The van der Waals surface area contributed by atoms with Gasteiger partial charge in [0.2, 0.25) is 5.69 Å². The van der Waals surface area contributed by atoms with E-state index in [9.17, 15) is 5.26 Å². The molecule has 0 saturated carbocycles. The summed E-state index contributed by atoms with van der Waals surface area (Å²) in [5.41, 5.74) is 6.34. The number of benzene rings is 6. The van der Waals surface area contributed by atoms with Crippen LogP contribution in [0.4, 0.5) is 5.69 Å². The molecule has 0 saturated heterocycles. The van der Waals surface area contributed by atoms with Crippen LogP contribution in [-0.2, 0) is 0 Å². The van der Waals surface area contributed by atoms with Crippen LogP contribution < -0.4 is 0 Å². The van der Waals surface area contributed by atoms with Crippen LogP contribution in [0.15, 0.2) is 121 Å². The maximum absolute atomic E-state index is 10.5. The van der Waals surface area contributed by atoms with Crippen molar-refractivity contribution in [3.63, 3.8) is 0 Å². The van der Waals surface area contributed by atoms with Crippen LogP contribution in [0.2, 0.25) is 0 Å². The fourth-order valence-corrected chi connectivity index (χ4v) is 6.32. The Morgan fingerprint density at radius 3 is 1.80 bits per heavy atom. The number of hydrogen-bond acceptors (Lipinski definition) is 1. The van der Waals surface area contributed by atoms with Crippen LogP contribution >= 0.6 is 0 Å². The molecule has 0 fully saturated rings. The molecular formula is C36H20N4. The summed E-state index contributed by atoms with van der Waals surface area (Å²) in [6.45, 7) is 8.22. The molecule has 0 radical (unpaired) electrons. The summed E-state index contributed by atoms with van der Waals surface area (Å²) < 4.78 is 4.25. The summed E-state index contributed by atoms with van der Waals surface area (Å²) in [7, 11) is 0. The lowest BCUT2D eigenvalue weighted by molar-refractivity contribution is 1.14. The molecule has 4 heteroatoms. The molecule has 0 bridgehead atoms. The molecule has 8 rings (SSSR count). The first kappa shape index (κ1) is 22.2. The summed E-state index contributed by atoms with van der Waals surface area (Å²) >= 11 is 0. The molecular weight excluding hydrogens is 488 g/mol. The predicted molar refractivity (Wildman–Crippen MR) is 164 cm³/mol. The Morgan fingerprint density at radius 2 is 1.15 bits per heavy atom. The molecule has 8 aromatic rings. The highest BCUT2D eigenvalue weighted by Gasteiger charge is 2.21. The molecule has 0 amide bonds. The second kappa shape index (κ2) is 8.33. The molecule has 0 aliphatic rings. The van der Waals surface area contributed by atoms with Crippen molar-refractivity contribution in [3.05, 3.63) is 138 Å². The zero-order chi connectivity index (χ0) is 26.8. The van der Waals surface area contributed by atoms with E-state index in [-0.39, 0.29) is 0 Å². The average Bonchev–Trinajstić information content (AvgIpc) is 3.53. The fraction of sp³-hybridized carbons (Fsp3) is 0. The standard InChI is InChI=1S/C36H20N4/c1-38-30-21-25(39-33-17-9-6-14-29(33)35-26-11-3-2-10-23(26)18-19-34(35)39)20-24(22-37)36(30)40-31-15-7-4-12-27(31)28-13-5-8-16-32(28)40/h2-21H. The molecule has 0 aliphatic carbocycles. The maximum Gasteiger partial charge on any atom is 0.214 e. The molecule has 40 heavy (non-hydrogen) atoms. The summed E-state index contributed by atoms with van der Waals surface area (Å²) in [4.78, 5) is 3.99. The Kier molecular flexibility index (Phi) is 4.62. The molecule has 4 nitrogen and oxygen atoms in total. The van der Waals surface area contributed by atoms with Gasteiger partial charge in [0.1, 0.15) is 6.07 Å². The molecule has 2 heterocycles. The monoisotopic (exact) mass is 508 g/mol. The SMILES string of the molecule is [C-]#[N+]c1cc(-n2c3ccccc3c3c4ccccc4ccc32)cc(C#N)c1-n1c2ccccc2c2ccccc21. The van der Waals surface area contributed by atoms with Crippen LogP contribution in [0.3, 0.4) is 0 Å². The van der Waals surface area contributed by atoms with Gasteiger partial charge in [0, 0.05) is 27.2 Å². The fourth-order valence-electron chi connectivity index (χ4n) is 6.32. The highest BCUT2D eigenvalue weighted by molar-refractivity contribution is 6.21. The first-order chi connectivity index (χ1) is 19.8. The molecule has 6 aromatic carbocycles. The van der Waals surface area contributed by atoms with Crippen molar-refractivity contribution in [2.45, 2.75) is 0 Å². The number of fused-ring (bicyclic) bond motifs is 8. The number of nitrogens with zero attached hydrogens (tertiary/aromatic N) is 4. The van der Waals surface area contributed by atoms with E-state index < -0.39 is 0 Å². The average molecular weight is 509 g/mol. The van der Waals surface area contributed by atoms with E-state index in [1.807, 2.05) is 42.5 Å². The van der Waals surface area contributed by atoms with Crippen LogP contribution in [-0.4, -0.2) is 9.13 Å². The quantitative estimate of drug-likeness (QED) is 0.214. The van der Waals surface area contributed by atoms with E-state index in [1.54, 1.807) is 0 Å². The van der Waals surface area contributed by atoms with Gasteiger partial charge in [-0.05, 0) is 47.2 Å². The summed E-state index contributed by atoms with van der Waals surface area (Å²) in [6.07, 6.45) is 0. The molecule has 0 aliphatic heterocycles. The van der Waals surface area contributed by atoms with Gasteiger partial charge < -0.3 is 9.13 Å². The number of nitriles is 1. The zero-order valence-electron chi connectivity index (χ0n) is 21.3. The van der Waals surface area contributed by atoms with E-state index in [0.29, 0.717) is 16.9 Å². The van der Waals surface area contributed by atoms with E-state index in [0.717, 1.165) is 43.9 Å². The third-order valence-corrected chi connectivity index (χ3v) is 7.94. The van der Waals surface area contributed by atoms with Crippen molar-refractivity contribution in [3.8, 4) is 17.4 Å². The first-order valence-corrected chi connectivity index (χ1v) is 13.1. The van der Waals surface area contributed by atoms with E-state index in [2.05, 4.69) is 98.9 Å². The summed E-state index contributed by atoms with van der Waals surface area (Å²) in [5, 5.41) is 17.4. The van der Waals surface area contributed by atoms with Gasteiger partial charge >= 0.3 is 0 Å². The Hall–Kier alpha value is -5.84. The third kappa shape index (κ3) is 2.93. The maximum atomic E-state index is 10.5. The van der Waals surface area contributed by atoms with Crippen LogP contribution in [0.5, 0.6) is 0 Å². The summed E-state index contributed by atoms with van der Waals surface area (Å²) in [5.74, 6) is 0. The van der Waals surface area contributed by atoms with E-state index in [1.165, 1.54) is 16.2 Å². The Labute approximate surface area is 230 Å². The molecule has 0 spiro atoms. The largest absolute Gasteiger partial charge is 0.318 e. The minimum absolute atomic E-state index is 0.437. The number of rotatable bonds is 2. The lowest BCUT2D eigenvalue weighted by Gasteiger charge is -2.16. The van der Waals surface area contributed by atoms with Crippen molar-refractivity contribution in [2.24, 2.45) is 0 Å². The van der Waals surface area contributed by atoms with E-state index in [4.69, 9.17) is 6.57 Å². The lowest BCUT2D eigenvalue weighted by atomic mass is 10.0. The van der Waals surface area contributed by atoms with Gasteiger partial charge in [-0.1, -0.05) is 84.9 Å². The molecule has 0 N–H and O–H groups in total. The molecule has 184 valence electrons. The number of hydrogen-bond donors (Lipinski definition) is 0. The van der Waals surface area contributed by atoms with Crippen molar-refractivity contribution in [1.82, 2.24) is 9.13 Å². The number of aromatic nitrogens is 2. The Bertz CT molecular complexity index is 2320. The Balaban J connectivity index is 1.49. The van der Waals surface area contributed by atoms with Crippen LogP contribution in [0, 0.1) is 17.9 Å². The van der Waals surface area contributed by atoms with E-state index >= 15 is 0 Å². The predicted octanol–water partition coefficient (Wildman–Crippen LogP) is 9.46. The third-order valence-electron chi connectivity index (χ3n) is 7.94. The zero-order valence-corrected chi connectivity index (χ0v) is 21.3. The van der Waals surface area contributed by atoms with Gasteiger partial charge in [-0.25, -0.2) is 4.85 Å². The minimum atomic E-state index is 0.437. The second-order valence-electron chi connectivity index (χ2n) is 9.99. The van der Waals surface area contributed by atoms with Gasteiger partial charge in [-0.3, -0.25) is 0 Å². The molecule has 2 aromatic heterocycles. The van der Waals surface area contributed by atoms with Crippen LogP contribution in [0.1, 0.15) is 5.56 Å². The van der Waals surface area contributed by atoms with Gasteiger partial charge in [0.15, 0.2) is 0 Å². The first-order valence-electron chi connectivity index (χ1n) is 13.1. The molecule has 0 atom stereocenters. The van der Waals surface area contributed by atoms with Crippen molar-refractivity contribution >= 4 is 60.1 Å². The lowest BCUT2D eigenvalue weighted by Crippen LogP contribution is -2.01. The van der Waals surface area contributed by atoms with Crippen molar-refractivity contribution in [2.75, 3.05) is 0 Å². The van der Waals surface area contributed by atoms with Gasteiger partial charge in [0.25, 0.3) is 0 Å². The minimum Gasteiger partial charge on any atom is -0.318 e. The molecule has 0 unspecified atom stereocenters. The number of para-hydroxylation sites is 3. The van der Waals surface area contributed by atoms with Crippen LogP contribution in [0.25, 0.3) is 70.6 Å². The van der Waals surface area contributed by atoms with Crippen molar-refractivity contribution < 1.29 is 0 Å². The smallest absolute Gasteiger partial charge is 0.214 e. The summed E-state index contributed by atoms with van der Waals surface area (Å²) in [6, 6.07) is 43.7. The van der Waals surface area contributed by atoms with Gasteiger partial charge in [-0.15, -0.1) is 0 Å². The normalized spacial score (nSPS) is 11.4. The Morgan fingerprint density at radius 1 is 0.575 bits per heavy atom. The topological polar surface area (TPSA) is 38.0 Å². The highest BCUT2D eigenvalue weighted by Crippen LogP contribution is 2.41. The highest BCUT2D eigenvalue weighted by atomic mass is 15.0. The van der Waals surface area contributed by atoms with Gasteiger partial charge in [-0.2, -0.15) is 5.26 Å². The second-order valence-corrected chi connectivity index (χ2v) is 9.99. The van der Waals surface area contributed by atoms with Gasteiger partial charge in [0.05, 0.1) is 39.9 Å².